The summed E-state index contributed by atoms with van der Waals surface area (Å²) in [6.07, 6.45) is 4.65. The molecule has 2 aliphatic carbocycles. The van der Waals surface area contributed by atoms with Gasteiger partial charge >= 0.3 is 0 Å². The lowest BCUT2D eigenvalue weighted by Crippen LogP contribution is -2.53. The fourth-order valence-electron chi connectivity index (χ4n) is 22.0. The zero-order chi connectivity index (χ0) is 99.0. The molecule has 2 saturated carbocycles. The molecule has 0 radical (unpaired) electrons. The molecule has 10 N–H and O–H groups in total. The Labute approximate surface area is 811 Å². The number of nitrogens with zero attached hydrogens (tertiary/aromatic N) is 6. The van der Waals surface area contributed by atoms with E-state index in [1.807, 2.05) is 161 Å². The summed E-state index contributed by atoms with van der Waals surface area (Å²) in [4.78, 5) is 110. The Morgan fingerprint density at radius 3 is 0.978 bits per heavy atom. The van der Waals surface area contributed by atoms with E-state index in [1.165, 1.54) is 102 Å². The maximum atomic E-state index is 12.8. The summed E-state index contributed by atoms with van der Waals surface area (Å²) in [5, 5.41) is 31.2. The van der Waals surface area contributed by atoms with E-state index in [1.54, 1.807) is 9.80 Å². The molecule has 8 aromatic carbocycles. The smallest absolute Gasteiger partial charge is 0.241 e. The number of amides is 8. The summed E-state index contributed by atoms with van der Waals surface area (Å²) in [6.45, 7) is 36.8. The van der Waals surface area contributed by atoms with Crippen molar-refractivity contribution in [2.75, 3.05) is 83.6 Å². The van der Waals surface area contributed by atoms with Crippen LogP contribution in [0.2, 0.25) is 0 Å². The quantitative estimate of drug-likeness (QED) is 0.0544. The first-order chi connectivity index (χ1) is 64.9. The van der Waals surface area contributed by atoms with E-state index >= 15 is 0 Å². The van der Waals surface area contributed by atoms with Crippen LogP contribution in [0.1, 0.15) is 235 Å². The third-order valence-electron chi connectivity index (χ3n) is 30.2. The number of carbonyl (C=O) groups excluding carboxylic acids is 8. The molecule has 136 heavy (non-hydrogen) atoms. The molecular weight excluding hydrogens is 1700 g/mol. The first-order valence-electron chi connectivity index (χ1n) is 49.2. The molecule has 24 nitrogen and oxygen atoms in total. The van der Waals surface area contributed by atoms with Gasteiger partial charge in [0.05, 0.1) is 48.3 Å². The van der Waals surface area contributed by atoms with Gasteiger partial charge in [-0.15, -0.1) is 0 Å². The second kappa shape index (κ2) is 46.6. The first kappa shape index (κ1) is 106. The second-order valence-corrected chi connectivity index (χ2v) is 40.3. The summed E-state index contributed by atoms with van der Waals surface area (Å²) >= 11 is 0. The van der Waals surface area contributed by atoms with Crippen molar-refractivity contribution in [3.63, 3.8) is 0 Å². The highest BCUT2D eigenvalue weighted by Crippen LogP contribution is 2.43. The topological polar surface area (TPSA) is 276 Å². The van der Waals surface area contributed by atoms with Crippen molar-refractivity contribution in [3.05, 3.63) is 283 Å². The minimum Gasteiger partial charge on any atom is -0.351 e. The van der Waals surface area contributed by atoms with Crippen LogP contribution in [0, 0.1) is 0 Å². The zero-order valence-corrected chi connectivity index (χ0v) is 85.4. The number of hydrogen-bond acceptors (Lipinski definition) is 16. The van der Waals surface area contributed by atoms with Crippen molar-refractivity contribution >= 4 is 47.3 Å². The molecule has 0 aromatic heterocycles. The number of fused-ring (bicyclic) bond motifs is 8. The Hall–Kier alpha value is -10.8. The van der Waals surface area contributed by atoms with Crippen LogP contribution in [0.3, 0.4) is 0 Å². The van der Waals surface area contributed by atoms with Crippen molar-refractivity contribution in [1.82, 2.24) is 82.6 Å². The lowest BCUT2D eigenvalue weighted by Gasteiger charge is -2.33. The number of likely N-dealkylation sites (N-methyl/N-ethyl adjacent to an activating group) is 12. The van der Waals surface area contributed by atoms with Crippen LogP contribution in [-0.4, -0.2) is 221 Å². The van der Waals surface area contributed by atoms with E-state index in [-0.39, 0.29) is 141 Å². The molecule has 24 heteroatoms. The number of benzene rings is 8. The van der Waals surface area contributed by atoms with Gasteiger partial charge in [-0.3, -0.25) is 38.4 Å². The van der Waals surface area contributed by atoms with E-state index in [0.717, 1.165) is 45.6 Å². The molecule has 8 heterocycles. The van der Waals surface area contributed by atoms with Crippen LogP contribution in [0.4, 0.5) is 0 Å². The molecule has 10 aliphatic rings. The van der Waals surface area contributed by atoms with E-state index in [4.69, 9.17) is 0 Å². The minimum absolute atomic E-state index is 0.0729. The molecule has 8 aliphatic heterocycles. The predicted molar refractivity (Wildman–Crippen MR) is 546 cm³/mol. The second-order valence-electron chi connectivity index (χ2n) is 40.3. The molecule has 12 unspecified atom stereocenters. The molecule has 18 rings (SSSR count). The van der Waals surface area contributed by atoms with Crippen LogP contribution < -0.4 is 53.2 Å². The highest BCUT2D eigenvalue weighted by Gasteiger charge is 2.49. The van der Waals surface area contributed by atoms with Crippen molar-refractivity contribution in [1.29, 1.82) is 0 Å². The van der Waals surface area contributed by atoms with Crippen LogP contribution >= 0.6 is 0 Å². The average molecular weight is 1850 g/mol. The van der Waals surface area contributed by atoms with Gasteiger partial charge in [-0.1, -0.05) is 277 Å². The Bertz CT molecular complexity index is 5440. The van der Waals surface area contributed by atoms with E-state index in [9.17, 15) is 38.4 Å². The van der Waals surface area contributed by atoms with Crippen molar-refractivity contribution in [3.8, 4) is 0 Å². The van der Waals surface area contributed by atoms with Crippen molar-refractivity contribution in [2.45, 2.75) is 281 Å². The van der Waals surface area contributed by atoms with Gasteiger partial charge < -0.3 is 82.6 Å². The lowest BCUT2D eigenvalue weighted by atomic mass is 9.76. The molecule has 732 valence electrons. The third kappa shape index (κ3) is 23.3. The van der Waals surface area contributed by atoms with Gasteiger partial charge in [-0.2, -0.15) is 0 Å². The van der Waals surface area contributed by atoms with Gasteiger partial charge in [0.15, 0.2) is 0 Å². The molecule has 8 aromatic rings. The van der Waals surface area contributed by atoms with Gasteiger partial charge in [0.25, 0.3) is 0 Å². The van der Waals surface area contributed by atoms with Crippen molar-refractivity contribution < 1.29 is 38.4 Å². The number of carbonyl (C=O) groups is 8. The standard InChI is InChI=1S/C16H22N2O.C15H20N2O.C15H22N2O.2C14H20N2O.2C13H18N2O.C12H16N2O/c1-16(2)13-7-5-4-6-11(13)10-18(12-8-9-12)15(19)14(16)17-3;1-10-13-6-4-3-5-11(13)9-17(12-7-8-12)15(18)14(10)16-2;1-5-17-10-11-8-6-7-9-12(11)15(2,3)13(16-4)14(17)18;1-14(2)11-8-6-5-7-10(11)9-16(4)13(17)12(14)15-3;1-4-16-9-11-7-5-6-8-12(11)10(2)13(15-3)14(16)17;1-13(2)10-7-5-4-6-9(10)8-15-12(16)11(13)14-3;1-9-11-7-5-4-6-10(11)8-15(3)13(16)12(9)14-2;1-8-10-6-4-3-5-9(10)7-14-12(15)11(8)13-2/h4-7,12,14,17H,8-10H2,1-3H3;3-6,10,12,14,16H,7-9H2,1-2H3;6-9,13,16H,5,10H2,1-4H3;5-8,12,15H,9H2,1-4H3;5-8,10,13,15H,4,9H2,1-3H3;4-7,11,14H,8H2,1-3H3,(H,15,16);4-7,9,12,14H,8H2,1-3H3;3-6,8,11,13H,7H2,1-2H3,(H,14,15). The minimum atomic E-state index is -0.189. The maximum absolute atomic E-state index is 12.8. The Balaban J connectivity index is 0.000000149. The monoisotopic (exact) mass is 1850 g/mol. The van der Waals surface area contributed by atoms with E-state index in [2.05, 4.69) is 273 Å². The fraction of sp³-hybridized carbons (Fsp3) is 0.500. The fourth-order valence-corrected chi connectivity index (χ4v) is 22.0. The molecule has 12 atom stereocenters. The first-order valence-corrected chi connectivity index (χ1v) is 49.2. The summed E-state index contributed by atoms with van der Waals surface area (Å²) in [5.74, 6) is 2.31. The van der Waals surface area contributed by atoms with Gasteiger partial charge in [-0.05, 0) is 185 Å². The summed E-state index contributed by atoms with van der Waals surface area (Å²) < 4.78 is 0. The van der Waals surface area contributed by atoms with Crippen LogP contribution in [0.5, 0.6) is 0 Å². The lowest BCUT2D eigenvalue weighted by molar-refractivity contribution is -0.136. The number of rotatable bonds is 12. The van der Waals surface area contributed by atoms with Gasteiger partial charge in [0.1, 0.15) is 0 Å². The van der Waals surface area contributed by atoms with E-state index in [0.29, 0.717) is 44.8 Å². The Kier molecular flexibility index (Phi) is 36.2. The molecule has 0 spiro atoms. The predicted octanol–water partition coefficient (Wildman–Crippen LogP) is 12.7. The summed E-state index contributed by atoms with van der Waals surface area (Å²) in [6, 6.07) is 66.6. The van der Waals surface area contributed by atoms with Crippen molar-refractivity contribution in [2.24, 2.45) is 0 Å². The molecular formula is C112H156N16O8. The average Bonchev–Trinajstić information content (AvgIpc) is 1.61. The van der Waals surface area contributed by atoms with Gasteiger partial charge in [-0.25, -0.2) is 0 Å². The maximum Gasteiger partial charge on any atom is 0.241 e. The Morgan fingerprint density at radius 2 is 0.551 bits per heavy atom. The summed E-state index contributed by atoms with van der Waals surface area (Å²) in [7, 11) is 18.6. The largest absolute Gasteiger partial charge is 0.351 e. The zero-order valence-electron chi connectivity index (χ0n) is 85.4. The van der Waals surface area contributed by atoms with E-state index < -0.39 is 0 Å². The molecule has 0 saturated heterocycles. The summed E-state index contributed by atoms with van der Waals surface area (Å²) in [5.41, 5.74) is 19.5. The highest BCUT2D eigenvalue weighted by molar-refractivity contribution is 5.89. The van der Waals surface area contributed by atoms with Crippen LogP contribution in [-0.2, 0) is 112 Å². The third-order valence-corrected chi connectivity index (χ3v) is 30.2. The molecule has 8 amide bonds. The SMILES string of the molecule is CCN1Cc2ccccc2C(C)(C)C(NC)C1=O.CCN1Cc2ccccc2C(C)C(NC)C1=O.CNC1C(=O)N(C)Cc2ccccc2C1(C)C.CNC1C(=O)N(C)Cc2ccccc2C1C.CNC1C(=O)N(C2CC2)Cc2ccccc2C1(C)C.CNC1C(=O)N(C2CC2)Cc2ccccc2C1C.CNC1C(=O)NCc2ccccc2C1(C)C.CNC1C(=O)NCc2ccccc2C1C. The highest BCUT2D eigenvalue weighted by atomic mass is 16.2. The van der Waals surface area contributed by atoms with Gasteiger partial charge in [0.2, 0.25) is 47.3 Å². The van der Waals surface area contributed by atoms with Gasteiger partial charge in [0, 0.05) is 137 Å². The normalized spacial score (nSPS) is 24.7. The number of hydrogen-bond donors (Lipinski definition) is 10. The van der Waals surface area contributed by atoms with Crippen LogP contribution in [0.15, 0.2) is 194 Å². The number of nitrogens with one attached hydrogen (secondary N) is 10. The Morgan fingerprint density at radius 1 is 0.279 bits per heavy atom. The molecule has 0 bridgehead atoms. The van der Waals surface area contributed by atoms with Crippen LogP contribution in [0.25, 0.3) is 0 Å². The molecule has 2 fully saturated rings.